The number of benzene rings is 1. The Morgan fingerprint density at radius 1 is 1.47 bits per heavy atom. The summed E-state index contributed by atoms with van der Waals surface area (Å²) in [4.78, 5) is 11.2. The summed E-state index contributed by atoms with van der Waals surface area (Å²) >= 11 is 3.46. The summed E-state index contributed by atoms with van der Waals surface area (Å²) in [5.74, 6) is -1.04. The molecular formula is C13H14BrN3O2. The van der Waals surface area contributed by atoms with Gasteiger partial charge in [-0.05, 0) is 31.0 Å². The van der Waals surface area contributed by atoms with Crippen LogP contribution in [0.3, 0.4) is 0 Å². The Morgan fingerprint density at radius 3 is 2.84 bits per heavy atom. The Hall–Kier alpha value is -1.69. The van der Waals surface area contributed by atoms with Gasteiger partial charge in [-0.3, -0.25) is 0 Å². The second-order valence-electron chi connectivity index (χ2n) is 4.24. The third-order valence-electron chi connectivity index (χ3n) is 2.92. The standard InChI is InChI=1S/C13H14BrN3O2/c1-3-5-11-12(13(18)19)15-16-17(11)10-7-4-6-9(14)8(10)2/h4,6-7H,3,5H2,1-2H3,(H,18,19). The van der Waals surface area contributed by atoms with Gasteiger partial charge in [-0.15, -0.1) is 5.10 Å². The third kappa shape index (κ3) is 2.53. The second-order valence-corrected chi connectivity index (χ2v) is 5.09. The van der Waals surface area contributed by atoms with Gasteiger partial charge in [0.2, 0.25) is 0 Å². The maximum Gasteiger partial charge on any atom is 0.358 e. The first-order chi connectivity index (χ1) is 9.06. The minimum atomic E-state index is -1.04. The Morgan fingerprint density at radius 2 is 2.21 bits per heavy atom. The maximum atomic E-state index is 11.2. The van der Waals surface area contributed by atoms with E-state index in [9.17, 15) is 4.79 Å². The van der Waals surface area contributed by atoms with Crippen LogP contribution in [-0.2, 0) is 6.42 Å². The smallest absolute Gasteiger partial charge is 0.358 e. The average molecular weight is 324 g/mol. The molecular weight excluding hydrogens is 310 g/mol. The molecule has 2 rings (SSSR count). The van der Waals surface area contributed by atoms with E-state index in [4.69, 9.17) is 5.11 Å². The largest absolute Gasteiger partial charge is 0.476 e. The first kappa shape index (κ1) is 13.7. The Bertz CT molecular complexity index is 622. The van der Waals surface area contributed by atoms with Gasteiger partial charge in [-0.1, -0.05) is 40.6 Å². The molecule has 0 bridgehead atoms. The molecule has 1 heterocycles. The highest BCUT2D eigenvalue weighted by Gasteiger charge is 2.20. The number of rotatable bonds is 4. The molecule has 0 amide bonds. The van der Waals surface area contributed by atoms with Crippen LogP contribution in [0.25, 0.3) is 5.69 Å². The van der Waals surface area contributed by atoms with E-state index >= 15 is 0 Å². The van der Waals surface area contributed by atoms with Crippen LogP contribution in [0.2, 0.25) is 0 Å². The third-order valence-corrected chi connectivity index (χ3v) is 3.78. The lowest BCUT2D eigenvalue weighted by molar-refractivity contribution is 0.0689. The highest BCUT2D eigenvalue weighted by atomic mass is 79.9. The fourth-order valence-electron chi connectivity index (χ4n) is 1.95. The van der Waals surface area contributed by atoms with Crippen molar-refractivity contribution in [1.29, 1.82) is 0 Å². The molecule has 0 atom stereocenters. The second kappa shape index (κ2) is 5.52. The Balaban J connectivity index is 2.62. The molecule has 0 fully saturated rings. The Kier molecular flexibility index (Phi) is 3.99. The van der Waals surface area contributed by atoms with Gasteiger partial charge in [0.1, 0.15) is 0 Å². The van der Waals surface area contributed by atoms with E-state index in [-0.39, 0.29) is 5.69 Å². The van der Waals surface area contributed by atoms with Gasteiger partial charge < -0.3 is 5.11 Å². The summed E-state index contributed by atoms with van der Waals surface area (Å²) < 4.78 is 2.58. The SMILES string of the molecule is CCCc1c(C(=O)O)nnn1-c1cccc(Br)c1C. The van der Waals surface area contributed by atoms with Gasteiger partial charge in [0, 0.05) is 4.47 Å². The molecule has 1 N–H and O–H groups in total. The summed E-state index contributed by atoms with van der Waals surface area (Å²) in [6, 6.07) is 5.73. The average Bonchev–Trinajstić information content (AvgIpc) is 2.77. The molecule has 1 aromatic heterocycles. The topological polar surface area (TPSA) is 68.0 Å². The lowest BCUT2D eigenvalue weighted by Crippen LogP contribution is -2.08. The van der Waals surface area contributed by atoms with Gasteiger partial charge in [0.15, 0.2) is 5.69 Å². The van der Waals surface area contributed by atoms with Crippen LogP contribution in [0.15, 0.2) is 22.7 Å². The van der Waals surface area contributed by atoms with E-state index in [0.29, 0.717) is 12.1 Å². The summed E-state index contributed by atoms with van der Waals surface area (Å²) in [7, 11) is 0. The molecule has 0 spiro atoms. The first-order valence-corrected chi connectivity index (χ1v) is 6.79. The monoisotopic (exact) mass is 323 g/mol. The summed E-state index contributed by atoms with van der Waals surface area (Å²) in [6.07, 6.45) is 1.46. The quantitative estimate of drug-likeness (QED) is 0.939. The van der Waals surface area contributed by atoms with Crippen LogP contribution in [0, 0.1) is 6.92 Å². The number of aromatic nitrogens is 3. The molecule has 0 radical (unpaired) electrons. The predicted octanol–water partition coefficient (Wildman–Crippen LogP) is 2.99. The predicted molar refractivity (Wildman–Crippen MR) is 74.8 cm³/mol. The summed E-state index contributed by atoms with van der Waals surface area (Å²) in [5, 5.41) is 16.9. The van der Waals surface area contributed by atoms with Crippen LogP contribution in [0.4, 0.5) is 0 Å². The molecule has 0 unspecified atom stereocenters. The minimum absolute atomic E-state index is 0.0289. The van der Waals surface area contributed by atoms with Crippen molar-refractivity contribution >= 4 is 21.9 Å². The number of carboxylic acids is 1. The molecule has 0 aliphatic rings. The number of carbonyl (C=O) groups is 1. The summed E-state index contributed by atoms with van der Waals surface area (Å²) in [5.41, 5.74) is 2.51. The van der Waals surface area contributed by atoms with Crippen molar-refractivity contribution < 1.29 is 9.90 Å². The zero-order valence-electron chi connectivity index (χ0n) is 10.7. The van der Waals surface area contributed by atoms with Gasteiger partial charge in [0.05, 0.1) is 11.4 Å². The maximum absolute atomic E-state index is 11.2. The molecule has 5 nitrogen and oxygen atoms in total. The van der Waals surface area contributed by atoms with Crippen molar-refractivity contribution in [3.8, 4) is 5.69 Å². The van der Waals surface area contributed by atoms with Crippen molar-refractivity contribution in [2.45, 2.75) is 26.7 Å². The van der Waals surface area contributed by atoms with Crippen molar-refractivity contribution in [2.24, 2.45) is 0 Å². The molecule has 0 saturated carbocycles. The molecule has 1 aromatic carbocycles. The van der Waals surface area contributed by atoms with Crippen LogP contribution < -0.4 is 0 Å². The molecule has 0 aliphatic heterocycles. The van der Waals surface area contributed by atoms with Crippen LogP contribution in [0.5, 0.6) is 0 Å². The number of carboxylic acid groups (broad SMARTS) is 1. The zero-order valence-corrected chi connectivity index (χ0v) is 12.3. The number of hydrogen-bond donors (Lipinski definition) is 1. The van der Waals surface area contributed by atoms with Gasteiger partial charge in [-0.25, -0.2) is 9.48 Å². The van der Waals surface area contributed by atoms with Crippen LogP contribution >= 0.6 is 15.9 Å². The Labute approximate surface area is 119 Å². The van der Waals surface area contributed by atoms with E-state index in [1.165, 1.54) is 0 Å². The fourth-order valence-corrected chi connectivity index (χ4v) is 2.30. The zero-order chi connectivity index (χ0) is 14.0. The van der Waals surface area contributed by atoms with Gasteiger partial charge in [-0.2, -0.15) is 0 Å². The van der Waals surface area contributed by atoms with Crippen molar-refractivity contribution in [1.82, 2.24) is 15.0 Å². The van der Waals surface area contributed by atoms with Crippen molar-refractivity contribution in [3.63, 3.8) is 0 Å². The number of aromatic carboxylic acids is 1. The first-order valence-electron chi connectivity index (χ1n) is 5.99. The minimum Gasteiger partial charge on any atom is -0.476 e. The lowest BCUT2D eigenvalue weighted by Gasteiger charge is -2.10. The van der Waals surface area contributed by atoms with E-state index in [0.717, 1.165) is 22.1 Å². The molecule has 0 aliphatic carbocycles. The molecule has 19 heavy (non-hydrogen) atoms. The van der Waals surface area contributed by atoms with E-state index < -0.39 is 5.97 Å². The van der Waals surface area contributed by atoms with Crippen LogP contribution in [0.1, 0.15) is 35.1 Å². The van der Waals surface area contributed by atoms with Crippen LogP contribution in [-0.4, -0.2) is 26.1 Å². The van der Waals surface area contributed by atoms with E-state index in [1.54, 1.807) is 4.68 Å². The molecule has 0 saturated heterocycles. The summed E-state index contributed by atoms with van der Waals surface area (Å²) in [6.45, 7) is 3.95. The van der Waals surface area contributed by atoms with E-state index in [1.807, 2.05) is 32.0 Å². The van der Waals surface area contributed by atoms with Gasteiger partial charge in [0.25, 0.3) is 0 Å². The number of halogens is 1. The fraction of sp³-hybridized carbons (Fsp3) is 0.308. The lowest BCUT2D eigenvalue weighted by atomic mass is 10.1. The number of nitrogens with zero attached hydrogens (tertiary/aromatic N) is 3. The van der Waals surface area contributed by atoms with E-state index in [2.05, 4.69) is 26.2 Å². The molecule has 100 valence electrons. The number of hydrogen-bond acceptors (Lipinski definition) is 3. The molecule has 6 heteroatoms. The van der Waals surface area contributed by atoms with Crippen molar-refractivity contribution in [3.05, 3.63) is 39.6 Å². The highest BCUT2D eigenvalue weighted by molar-refractivity contribution is 9.10. The normalized spacial score (nSPS) is 10.7. The highest BCUT2D eigenvalue weighted by Crippen LogP contribution is 2.24. The van der Waals surface area contributed by atoms with Gasteiger partial charge >= 0.3 is 5.97 Å². The van der Waals surface area contributed by atoms with Crippen molar-refractivity contribution in [2.75, 3.05) is 0 Å². The molecule has 2 aromatic rings.